The first-order chi connectivity index (χ1) is 10.8. The second-order valence-corrected chi connectivity index (χ2v) is 5.55. The molecular formula is C18H16F2O3. The van der Waals surface area contributed by atoms with Crippen LogP contribution in [-0.2, 0) is 22.4 Å². The van der Waals surface area contributed by atoms with Crippen molar-refractivity contribution >= 4 is 11.8 Å². The van der Waals surface area contributed by atoms with Crippen molar-refractivity contribution in [3.63, 3.8) is 0 Å². The normalized spacial score (nSPS) is 11.3. The summed E-state index contributed by atoms with van der Waals surface area (Å²) in [5.41, 5.74) is -0.576. The quantitative estimate of drug-likeness (QED) is 0.831. The Kier molecular flexibility index (Phi) is 4.89. The van der Waals surface area contributed by atoms with E-state index in [1.807, 2.05) is 0 Å². The fourth-order valence-corrected chi connectivity index (χ4v) is 2.51. The summed E-state index contributed by atoms with van der Waals surface area (Å²) < 4.78 is 26.0. The topological polar surface area (TPSA) is 54.4 Å². The van der Waals surface area contributed by atoms with Crippen molar-refractivity contribution < 1.29 is 23.5 Å². The lowest BCUT2D eigenvalue weighted by molar-refractivity contribution is -0.154. The average Bonchev–Trinajstić information content (AvgIpc) is 2.50. The van der Waals surface area contributed by atoms with Crippen molar-refractivity contribution in [2.24, 2.45) is 5.41 Å². The minimum absolute atomic E-state index is 0.0602. The van der Waals surface area contributed by atoms with Crippen LogP contribution in [0.4, 0.5) is 8.78 Å². The van der Waals surface area contributed by atoms with Crippen molar-refractivity contribution in [1.82, 2.24) is 0 Å². The number of hydrogen-bond donors (Lipinski definition) is 1. The van der Waals surface area contributed by atoms with E-state index in [0.717, 1.165) is 0 Å². The monoisotopic (exact) mass is 318 g/mol. The SMILES string of the molecule is CC(=O)C(Cc1ccc(F)cc1)(Cc1ccc(F)cc1)C(=O)O. The molecule has 0 aliphatic heterocycles. The zero-order chi connectivity index (χ0) is 17.0. The van der Waals surface area contributed by atoms with Gasteiger partial charge in [-0.05, 0) is 55.2 Å². The standard InChI is InChI=1S/C18H16F2O3/c1-12(21)18(17(22)23,10-13-2-6-15(19)7-3-13)11-14-4-8-16(20)9-5-14/h2-9H,10-11H2,1H3,(H,22,23). The van der Waals surface area contributed by atoms with E-state index in [0.29, 0.717) is 11.1 Å². The Labute approximate surface area is 132 Å². The summed E-state index contributed by atoms with van der Waals surface area (Å²) in [6.45, 7) is 1.22. The van der Waals surface area contributed by atoms with Crippen LogP contribution in [0.15, 0.2) is 48.5 Å². The van der Waals surface area contributed by atoms with Gasteiger partial charge >= 0.3 is 5.97 Å². The van der Waals surface area contributed by atoms with E-state index < -0.39 is 28.8 Å². The third-order valence-electron chi connectivity index (χ3n) is 3.92. The minimum Gasteiger partial charge on any atom is -0.480 e. The Balaban J connectivity index is 2.38. The van der Waals surface area contributed by atoms with Gasteiger partial charge in [-0.25, -0.2) is 8.78 Å². The first-order valence-corrected chi connectivity index (χ1v) is 7.07. The summed E-state index contributed by atoms with van der Waals surface area (Å²) in [6.07, 6.45) is -0.120. The van der Waals surface area contributed by atoms with Crippen molar-refractivity contribution in [3.8, 4) is 0 Å². The maximum Gasteiger partial charge on any atom is 0.317 e. The molecule has 0 fully saturated rings. The number of carbonyl (C=O) groups is 2. The molecule has 0 radical (unpaired) electrons. The van der Waals surface area contributed by atoms with Gasteiger partial charge in [0.1, 0.15) is 22.8 Å². The third kappa shape index (κ3) is 3.80. The van der Waals surface area contributed by atoms with Gasteiger partial charge in [0.2, 0.25) is 0 Å². The van der Waals surface area contributed by atoms with Crippen molar-refractivity contribution in [3.05, 3.63) is 71.3 Å². The summed E-state index contributed by atoms with van der Waals surface area (Å²) in [4.78, 5) is 24.0. The van der Waals surface area contributed by atoms with Gasteiger partial charge in [0.15, 0.2) is 0 Å². The molecule has 120 valence electrons. The molecule has 0 saturated heterocycles. The summed E-state index contributed by atoms with van der Waals surface area (Å²) in [6, 6.07) is 10.7. The van der Waals surface area contributed by atoms with Crippen LogP contribution in [0.1, 0.15) is 18.1 Å². The largest absolute Gasteiger partial charge is 0.480 e. The number of carboxylic acid groups (broad SMARTS) is 1. The maximum atomic E-state index is 13.0. The Hall–Kier alpha value is -2.56. The highest BCUT2D eigenvalue weighted by atomic mass is 19.1. The van der Waals surface area contributed by atoms with Crippen LogP contribution in [0, 0.1) is 17.0 Å². The maximum absolute atomic E-state index is 13.0. The predicted molar refractivity (Wildman–Crippen MR) is 81.0 cm³/mol. The number of ketones is 1. The summed E-state index contributed by atoms with van der Waals surface area (Å²) in [7, 11) is 0. The van der Waals surface area contributed by atoms with Crippen LogP contribution in [0.5, 0.6) is 0 Å². The molecule has 0 unspecified atom stereocenters. The van der Waals surface area contributed by atoms with Gasteiger partial charge in [0.25, 0.3) is 0 Å². The van der Waals surface area contributed by atoms with Gasteiger partial charge in [0, 0.05) is 0 Å². The summed E-state index contributed by atoms with van der Waals surface area (Å²) in [5, 5.41) is 9.66. The van der Waals surface area contributed by atoms with E-state index in [2.05, 4.69) is 0 Å². The highest BCUT2D eigenvalue weighted by Crippen LogP contribution is 2.30. The second kappa shape index (κ2) is 6.69. The lowest BCUT2D eigenvalue weighted by Gasteiger charge is -2.27. The van der Waals surface area contributed by atoms with E-state index in [1.165, 1.54) is 55.5 Å². The molecule has 3 nitrogen and oxygen atoms in total. The van der Waals surface area contributed by atoms with Crippen LogP contribution in [0.3, 0.4) is 0 Å². The molecule has 0 amide bonds. The summed E-state index contributed by atoms with van der Waals surface area (Å²) in [5.74, 6) is -2.62. The van der Waals surface area contributed by atoms with Crippen molar-refractivity contribution in [2.75, 3.05) is 0 Å². The average molecular weight is 318 g/mol. The van der Waals surface area contributed by atoms with Crippen LogP contribution in [0.25, 0.3) is 0 Å². The number of benzene rings is 2. The van der Waals surface area contributed by atoms with E-state index in [-0.39, 0.29) is 12.8 Å². The molecule has 2 rings (SSSR count). The summed E-state index contributed by atoms with van der Waals surface area (Å²) >= 11 is 0. The van der Waals surface area contributed by atoms with Crippen LogP contribution >= 0.6 is 0 Å². The van der Waals surface area contributed by atoms with Gasteiger partial charge in [0.05, 0.1) is 0 Å². The molecule has 0 saturated carbocycles. The van der Waals surface area contributed by atoms with Crippen LogP contribution in [0.2, 0.25) is 0 Å². The number of aliphatic carboxylic acids is 1. The van der Waals surface area contributed by atoms with Crippen LogP contribution < -0.4 is 0 Å². The lowest BCUT2D eigenvalue weighted by atomic mass is 9.73. The number of carbonyl (C=O) groups excluding carboxylic acids is 1. The Bertz CT molecular complexity index is 643. The first kappa shape index (κ1) is 16.8. The number of carboxylic acids is 1. The first-order valence-electron chi connectivity index (χ1n) is 7.07. The number of hydrogen-bond acceptors (Lipinski definition) is 2. The molecule has 1 N–H and O–H groups in total. The van der Waals surface area contributed by atoms with E-state index in [4.69, 9.17) is 0 Å². The molecule has 0 aliphatic rings. The molecule has 5 heteroatoms. The molecule has 0 aliphatic carbocycles. The number of Topliss-reactive ketones (excluding diaryl/α,β-unsaturated/α-hetero) is 1. The van der Waals surface area contributed by atoms with Gasteiger partial charge in [-0.1, -0.05) is 24.3 Å². The lowest BCUT2D eigenvalue weighted by Crippen LogP contribution is -2.42. The number of rotatable bonds is 6. The molecule has 2 aromatic rings. The Morgan fingerprint density at radius 3 is 1.48 bits per heavy atom. The predicted octanol–water partition coefficient (Wildman–Crippen LogP) is 3.41. The molecule has 0 atom stereocenters. The van der Waals surface area contributed by atoms with Gasteiger partial charge < -0.3 is 5.11 Å². The minimum atomic E-state index is -1.67. The fourth-order valence-electron chi connectivity index (χ4n) is 2.51. The molecule has 0 spiro atoms. The van der Waals surface area contributed by atoms with Gasteiger partial charge in [-0.15, -0.1) is 0 Å². The highest BCUT2D eigenvalue weighted by Gasteiger charge is 2.43. The highest BCUT2D eigenvalue weighted by molar-refractivity contribution is 6.02. The Morgan fingerprint density at radius 1 is 0.870 bits per heavy atom. The molecule has 0 heterocycles. The van der Waals surface area contributed by atoms with Gasteiger partial charge in [-0.2, -0.15) is 0 Å². The molecular weight excluding hydrogens is 302 g/mol. The third-order valence-corrected chi connectivity index (χ3v) is 3.92. The Morgan fingerprint density at radius 2 is 1.22 bits per heavy atom. The van der Waals surface area contributed by atoms with Gasteiger partial charge in [-0.3, -0.25) is 9.59 Å². The zero-order valence-corrected chi connectivity index (χ0v) is 12.6. The van der Waals surface area contributed by atoms with Crippen molar-refractivity contribution in [2.45, 2.75) is 19.8 Å². The smallest absolute Gasteiger partial charge is 0.317 e. The van der Waals surface area contributed by atoms with E-state index in [9.17, 15) is 23.5 Å². The van der Waals surface area contributed by atoms with Crippen LogP contribution in [-0.4, -0.2) is 16.9 Å². The molecule has 2 aromatic carbocycles. The van der Waals surface area contributed by atoms with E-state index in [1.54, 1.807) is 0 Å². The molecule has 0 aromatic heterocycles. The zero-order valence-electron chi connectivity index (χ0n) is 12.6. The van der Waals surface area contributed by atoms with Crippen molar-refractivity contribution in [1.29, 1.82) is 0 Å². The number of halogens is 2. The second-order valence-electron chi connectivity index (χ2n) is 5.55. The fraction of sp³-hybridized carbons (Fsp3) is 0.222. The van der Waals surface area contributed by atoms with E-state index >= 15 is 0 Å². The molecule has 0 bridgehead atoms. The molecule has 23 heavy (non-hydrogen) atoms.